The molecule has 4 heterocycles. The van der Waals surface area contributed by atoms with E-state index in [0.29, 0.717) is 82.0 Å². The molecule has 388 valence electrons. The first kappa shape index (κ1) is 53.4. The molecule has 8 rings (SSSR count). The largest absolute Gasteiger partial charge is 0.494 e. The lowest BCUT2D eigenvalue weighted by Crippen LogP contribution is -2.28. The molecule has 0 fully saturated rings. The fourth-order valence-electron chi connectivity index (χ4n) is 7.88. The first-order valence-electron chi connectivity index (χ1n) is 23.1. The van der Waals surface area contributed by atoms with Crippen LogP contribution in [0.3, 0.4) is 0 Å². The van der Waals surface area contributed by atoms with E-state index in [-0.39, 0.29) is 17.3 Å². The summed E-state index contributed by atoms with van der Waals surface area (Å²) in [6.07, 6.45) is 6.61. The molecule has 8 aromatic rings. The molecule has 0 saturated heterocycles. The number of likely N-dealkylation sites (N-methyl/N-ethyl adjacent to an activating group) is 4. The zero-order valence-corrected chi connectivity index (χ0v) is 43.6. The van der Waals surface area contributed by atoms with Gasteiger partial charge >= 0.3 is 10.2 Å². The van der Waals surface area contributed by atoms with Crippen LogP contribution in [0.1, 0.15) is 0 Å². The SMILES string of the molecule is COc1cc(N(C)CCN(C)C)c([N+](=O)[O-])cc1Nc1nccc(-c2c[nH]c3ccccc23)n1.COc1cc(N(C)CCN(C)C)c([N+](=O)[O-])cc1Nc1nccc(-c2cn(S(=O)(=O)N(C)C)c3ccccc23)n1. The van der Waals surface area contributed by atoms with Crippen LogP contribution >= 0.6 is 0 Å². The predicted molar refractivity (Wildman–Crippen MR) is 290 cm³/mol. The molecule has 0 aliphatic heterocycles. The van der Waals surface area contributed by atoms with Crippen LogP contribution in [0.5, 0.6) is 11.5 Å². The topological polar surface area (TPSA) is 251 Å². The Balaban J connectivity index is 0.000000219. The lowest BCUT2D eigenvalue weighted by atomic mass is 10.1. The fourth-order valence-corrected chi connectivity index (χ4v) is 8.87. The number of rotatable bonds is 20. The molecule has 23 nitrogen and oxygen atoms in total. The number of fused-ring (bicyclic) bond motifs is 2. The van der Waals surface area contributed by atoms with Crippen molar-refractivity contribution in [3.63, 3.8) is 0 Å². The van der Waals surface area contributed by atoms with E-state index in [2.05, 4.69) is 35.6 Å². The van der Waals surface area contributed by atoms with Crippen molar-refractivity contribution in [2.75, 3.05) is 117 Å². The molecule has 4 aromatic heterocycles. The highest BCUT2D eigenvalue weighted by Crippen LogP contribution is 2.41. The maximum atomic E-state index is 13.0. The lowest BCUT2D eigenvalue weighted by Gasteiger charge is -2.22. The van der Waals surface area contributed by atoms with Crippen molar-refractivity contribution in [3.05, 3.63) is 130 Å². The zero-order chi connectivity index (χ0) is 53.4. The number of H-pyrrole nitrogens is 1. The van der Waals surface area contributed by atoms with Crippen LogP contribution in [-0.4, -0.2) is 158 Å². The Morgan fingerprint density at radius 3 is 1.58 bits per heavy atom. The van der Waals surface area contributed by atoms with Gasteiger partial charge in [0.2, 0.25) is 11.9 Å². The number of aromatic nitrogens is 6. The average molecular weight is 1030 g/mol. The Kier molecular flexibility index (Phi) is 16.6. The minimum absolute atomic E-state index is 0.0302. The third-order valence-electron chi connectivity index (χ3n) is 11.9. The van der Waals surface area contributed by atoms with Gasteiger partial charge in [-0.25, -0.2) is 23.9 Å². The maximum absolute atomic E-state index is 13.0. The standard InChI is InChI=1S/C26H32N8O5S.C24H27N7O3/c1-30(2)13-14-32(5)23-16-25(39-6)21(15-24(23)34(35)36)29-26-27-12-11-20(28-26)19-17-33(40(37,38)31(3)4)22-10-8-7-9-18(19)22;1-29(2)11-12-30(3)21-14-23(34-4)20(13-22(21)31(32)33)28-24-25-10-9-19(27-24)17-15-26-18-8-6-5-7-16(17)18/h7-12,15-17H,13-14H2,1-6H3,(H,27,28,29);5-10,13-15,26H,11-12H2,1-4H3,(H,25,27,28). The number of nitrogens with zero attached hydrogens (tertiary/aromatic N) is 12. The van der Waals surface area contributed by atoms with Gasteiger partial charge < -0.3 is 44.7 Å². The molecule has 3 N–H and O–H groups in total. The van der Waals surface area contributed by atoms with E-state index in [1.165, 1.54) is 56.8 Å². The molecule has 24 heteroatoms. The van der Waals surface area contributed by atoms with E-state index in [9.17, 15) is 28.6 Å². The summed E-state index contributed by atoms with van der Waals surface area (Å²) >= 11 is 0. The van der Waals surface area contributed by atoms with Crippen molar-refractivity contribution in [3.8, 4) is 34.0 Å². The Morgan fingerprint density at radius 1 is 0.635 bits per heavy atom. The Bertz CT molecular complexity index is 3420. The Labute approximate surface area is 428 Å². The van der Waals surface area contributed by atoms with Crippen LogP contribution in [0.4, 0.5) is 46.0 Å². The predicted octanol–water partition coefficient (Wildman–Crippen LogP) is 7.69. The second kappa shape index (κ2) is 23.0. The number of methoxy groups -OCH3 is 2. The number of nitro benzene ring substituents is 2. The van der Waals surface area contributed by atoms with Crippen molar-refractivity contribution in [1.29, 1.82) is 0 Å². The summed E-state index contributed by atoms with van der Waals surface area (Å²) in [6.45, 7) is 2.67. The molecule has 0 atom stereocenters. The van der Waals surface area contributed by atoms with Crippen LogP contribution in [0.25, 0.3) is 44.3 Å². The van der Waals surface area contributed by atoms with E-state index < -0.39 is 20.1 Å². The number of nitrogens with one attached hydrogen (secondary N) is 3. The fraction of sp³-hybridized carbons (Fsp3) is 0.280. The third kappa shape index (κ3) is 11.9. The van der Waals surface area contributed by atoms with Crippen LogP contribution in [0, 0.1) is 20.2 Å². The van der Waals surface area contributed by atoms with E-state index >= 15 is 0 Å². The highest BCUT2D eigenvalue weighted by Gasteiger charge is 2.26. The second-order valence-electron chi connectivity index (χ2n) is 17.7. The number of para-hydroxylation sites is 2. The van der Waals surface area contributed by atoms with Crippen LogP contribution in [0.15, 0.2) is 110 Å². The van der Waals surface area contributed by atoms with Crippen molar-refractivity contribution in [1.82, 2.24) is 43.0 Å². The van der Waals surface area contributed by atoms with Gasteiger partial charge in [-0.1, -0.05) is 36.4 Å². The normalized spacial score (nSPS) is 11.5. The quantitative estimate of drug-likeness (QED) is 0.0488. The van der Waals surface area contributed by atoms with Crippen molar-refractivity contribution in [2.24, 2.45) is 0 Å². The minimum atomic E-state index is -3.79. The summed E-state index contributed by atoms with van der Waals surface area (Å²) in [7, 11) is 13.6. The lowest BCUT2D eigenvalue weighted by molar-refractivity contribution is -0.384. The Hall–Kier alpha value is -8.45. The third-order valence-corrected chi connectivity index (χ3v) is 13.6. The number of anilines is 6. The van der Waals surface area contributed by atoms with Gasteiger partial charge in [-0.2, -0.15) is 12.7 Å². The summed E-state index contributed by atoms with van der Waals surface area (Å²) in [5.41, 5.74) is 5.72. The smallest absolute Gasteiger partial charge is 0.307 e. The number of hydrogen-bond donors (Lipinski definition) is 3. The molecule has 0 saturated carbocycles. The van der Waals surface area contributed by atoms with E-state index in [0.717, 1.165) is 33.0 Å². The van der Waals surface area contributed by atoms with Gasteiger partial charge in [0, 0.05) is 131 Å². The highest BCUT2D eigenvalue weighted by atomic mass is 32.2. The molecular formula is C50H59N15O8S. The first-order chi connectivity index (χ1) is 35.3. The van der Waals surface area contributed by atoms with Gasteiger partial charge in [0.25, 0.3) is 11.4 Å². The maximum Gasteiger partial charge on any atom is 0.307 e. The molecule has 0 bridgehead atoms. The van der Waals surface area contributed by atoms with Crippen molar-refractivity contribution >= 4 is 78.0 Å². The van der Waals surface area contributed by atoms with Crippen molar-refractivity contribution < 1.29 is 27.7 Å². The molecule has 0 spiro atoms. The molecule has 74 heavy (non-hydrogen) atoms. The molecular weight excluding hydrogens is 971 g/mol. The molecule has 0 unspecified atom stereocenters. The summed E-state index contributed by atoms with van der Waals surface area (Å²) in [4.78, 5) is 51.7. The number of aromatic amines is 1. The van der Waals surface area contributed by atoms with E-state index in [1.807, 2.05) is 98.6 Å². The van der Waals surface area contributed by atoms with Gasteiger partial charge in [0.1, 0.15) is 22.9 Å². The number of ether oxygens (including phenoxy) is 2. The second-order valence-corrected chi connectivity index (χ2v) is 19.7. The monoisotopic (exact) mass is 1030 g/mol. The molecule has 0 aliphatic rings. The van der Waals surface area contributed by atoms with Crippen LogP contribution in [-0.2, 0) is 10.2 Å². The minimum Gasteiger partial charge on any atom is -0.494 e. The van der Waals surface area contributed by atoms with E-state index in [1.54, 1.807) is 48.5 Å². The molecule has 0 aliphatic carbocycles. The van der Waals surface area contributed by atoms with Gasteiger partial charge in [0.05, 0.1) is 52.3 Å². The van der Waals surface area contributed by atoms with Crippen LogP contribution in [0.2, 0.25) is 0 Å². The van der Waals surface area contributed by atoms with Crippen LogP contribution < -0.4 is 29.9 Å². The molecule has 4 aromatic carbocycles. The number of nitro groups is 2. The molecule has 0 amide bonds. The first-order valence-corrected chi connectivity index (χ1v) is 24.5. The average Bonchev–Trinajstić information content (AvgIpc) is 4.00. The number of hydrogen-bond acceptors (Lipinski definition) is 18. The summed E-state index contributed by atoms with van der Waals surface area (Å²) in [5, 5.41) is 31.7. The molecule has 0 radical (unpaired) electrons. The summed E-state index contributed by atoms with van der Waals surface area (Å²) < 4.78 is 39.4. The van der Waals surface area contributed by atoms with E-state index in [4.69, 9.17) is 9.47 Å². The zero-order valence-electron chi connectivity index (χ0n) is 42.8. The summed E-state index contributed by atoms with van der Waals surface area (Å²) in [6, 6.07) is 24.7. The van der Waals surface area contributed by atoms with Gasteiger partial charge in [-0.05, 0) is 52.5 Å². The Morgan fingerprint density at radius 2 is 1.11 bits per heavy atom. The summed E-state index contributed by atoms with van der Waals surface area (Å²) in [5.74, 6) is 1.30. The highest BCUT2D eigenvalue weighted by molar-refractivity contribution is 7.87. The van der Waals surface area contributed by atoms with Gasteiger partial charge in [0.15, 0.2) is 0 Å². The van der Waals surface area contributed by atoms with Gasteiger partial charge in [-0.15, -0.1) is 0 Å². The van der Waals surface area contributed by atoms with Crippen molar-refractivity contribution in [2.45, 2.75) is 0 Å². The van der Waals surface area contributed by atoms with Gasteiger partial charge in [-0.3, -0.25) is 20.2 Å². The number of benzene rings is 4.